The second-order valence-electron chi connectivity index (χ2n) is 7.02. The molecule has 2 saturated heterocycles. The zero-order valence-electron chi connectivity index (χ0n) is 15.4. The maximum Gasteiger partial charge on any atom is 0.229 e. The summed E-state index contributed by atoms with van der Waals surface area (Å²) in [6, 6.07) is 8.14. The molecule has 2 aromatic rings. The number of amides is 1. The van der Waals surface area contributed by atoms with Crippen LogP contribution in [0.4, 0.5) is 11.4 Å². The van der Waals surface area contributed by atoms with Gasteiger partial charge in [0.15, 0.2) is 0 Å². The molecule has 8 heteroatoms. The molecule has 0 radical (unpaired) electrons. The van der Waals surface area contributed by atoms with E-state index in [1.54, 1.807) is 4.68 Å². The molecule has 1 amide bonds. The van der Waals surface area contributed by atoms with Crippen molar-refractivity contribution in [3.05, 3.63) is 42.2 Å². The monoisotopic (exact) mass is 411 g/mol. The molecule has 148 valence electrons. The van der Waals surface area contributed by atoms with Gasteiger partial charge in [-0.3, -0.25) is 9.48 Å². The third-order valence-electron chi connectivity index (χ3n) is 5.31. The number of anilines is 2. The quantitative estimate of drug-likeness (QED) is 0.811. The number of carbonyl (C=O) groups excluding carboxylic acids is 1. The van der Waals surface area contributed by atoms with Gasteiger partial charge in [0, 0.05) is 45.3 Å². The summed E-state index contributed by atoms with van der Waals surface area (Å²) >= 11 is 0. The highest BCUT2D eigenvalue weighted by atomic mass is 35.5. The highest BCUT2D eigenvalue weighted by molar-refractivity contribution is 5.96. The van der Waals surface area contributed by atoms with Crippen LogP contribution in [0.3, 0.4) is 0 Å². The molecular weight excluding hydrogens is 385 g/mol. The van der Waals surface area contributed by atoms with Crippen LogP contribution in [0.1, 0.15) is 24.3 Å². The zero-order chi connectivity index (χ0) is 17.2. The Morgan fingerprint density at radius 3 is 2.63 bits per heavy atom. The summed E-state index contributed by atoms with van der Waals surface area (Å²) < 4.78 is 1.80. The van der Waals surface area contributed by atoms with Crippen molar-refractivity contribution in [2.75, 3.05) is 36.4 Å². The molecule has 27 heavy (non-hydrogen) atoms. The van der Waals surface area contributed by atoms with E-state index in [2.05, 4.69) is 26.7 Å². The smallest absolute Gasteiger partial charge is 0.229 e. The first-order valence-electron chi connectivity index (χ1n) is 9.06. The molecule has 2 atom stereocenters. The number of carbonyl (C=O) groups is 1. The van der Waals surface area contributed by atoms with E-state index in [0.717, 1.165) is 36.6 Å². The highest BCUT2D eigenvalue weighted by Crippen LogP contribution is 2.32. The van der Waals surface area contributed by atoms with Crippen LogP contribution < -0.4 is 15.5 Å². The van der Waals surface area contributed by atoms with Crippen molar-refractivity contribution in [3.63, 3.8) is 0 Å². The molecule has 2 aliphatic heterocycles. The van der Waals surface area contributed by atoms with Gasteiger partial charge in [0.25, 0.3) is 0 Å². The lowest BCUT2D eigenvalue weighted by atomic mass is 9.90. The Kier molecular flexibility index (Phi) is 7.53. The minimum Gasteiger partial charge on any atom is -0.370 e. The first kappa shape index (κ1) is 21.5. The van der Waals surface area contributed by atoms with E-state index in [4.69, 9.17) is 0 Å². The molecule has 2 N–H and O–H groups in total. The van der Waals surface area contributed by atoms with Gasteiger partial charge in [-0.15, -0.1) is 24.8 Å². The summed E-state index contributed by atoms with van der Waals surface area (Å²) in [5.74, 6) is 0.189. The molecule has 3 heterocycles. The van der Waals surface area contributed by atoms with E-state index in [-0.39, 0.29) is 42.6 Å². The molecule has 2 aliphatic rings. The summed E-state index contributed by atoms with van der Waals surface area (Å²) in [5, 5.41) is 10.8. The number of benzene rings is 1. The third kappa shape index (κ3) is 4.57. The maximum absolute atomic E-state index is 13.0. The summed E-state index contributed by atoms with van der Waals surface area (Å²) in [7, 11) is 1.91. The zero-order valence-corrected chi connectivity index (χ0v) is 17.1. The van der Waals surface area contributed by atoms with Crippen LogP contribution in [0.25, 0.3) is 0 Å². The molecule has 4 rings (SSSR count). The fourth-order valence-corrected chi connectivity index (χ4v) is 3.97. The standard InChI is InChI=1S/C19H25N5O.2ClH/c1-23-13-14(10-21-23)15-11-20-12-16(15)19(25)22-17-6-2-3-7-18(17)24-8-4-5-9-24;;/h2-3,6-7,10,13,15-16,20H,4-5,8-9,11-12H2,1H3,(H,22,25);2*1H/t15-,16+;;/m1../s1. The molecule has 0 aliphatic carbocycles. The molecule has 2 fully saturated rings. The molecule has 0 spiro atoms. The molecule has 0 bridgehead atoms. The number of hydrogen-bond donors (Lipinski definition) is 2. The van der Waals surface area contributed by atoms with E-state index in [1.165, 1.54) is 12.8 Å². The Balaban J connectivity index is 0.00000131. The van der Waals surface area contributed by atoms with Crippen LogP contribution in [0, 0.1) is 5.92 Å². The van der Waals surface area contributed by atoms with Gasteiger partial charge in [-0.1, -0.05) is 12.1 Å². The number of nitrogens with zero attached hydrogens (tertiary/aromatic N) is 3. The van der Waals surface area contributed by atoms with Crippen LogP contribution >= 0.6 is 24.8 Å². The van der Waals surface area contributed by atoms with Gasteiger partial charge in [-0.25, -0.2) is 0 Å². The normalized spacial score (nSPS) is 21.4. The average molecular weight is 412 g/mol. The molecule has 1 aromatic carbocycles. The Morgan fingerprint density at radius 1 is 1.19 bits per heavy atom. The Hall–Kier alpha value is -1.76. The van der Waals surface area contributed by atoms with E-state index >= 15 is 0 Å². The van der Waals surface area contributed by atoms with Crippen molar-refractivity contribution < 1.29 is 4.79 Å². The van der Waals surface area contributed by atoms with Crippen LogP contribution in [-0.2, 0) is 11.8 Å². The third-order valence-corrected chi connectivity index (χ3v) is 5.31. The van der Waals surface area contributed by atoms with Gasteiger partial charge < -0.3 is 15.5 Å². The summed E-state index contributed by atoms with van der Waals surface area (Å²) in [4.78, 5) is 15.3. The second-order valence-corrected chi connectivity index (χ2v) is 7.02. The van der Waals surface area contributed by atoms with Crippen LogP contribution in [-0.4, -0.2) is 41.9 Å². The van der Waals surface area contributed by atoms with Crippen molar-refractivity contribution in [2.45, 2.75) is 18.8 Å². The molecule has 0 unspecified atom stereocenters. The first-order chi connectivity index (χ1) is 12.2. The molecule has 1 aromatic heterocycles. The lowest BCUT2D eigenvalue weighted by molar-refractivity contribution is -0.119. The van der Waals surface area contributed by atoms with E-state index in [1.807, 2.05) is 37.6 Å². The van der Waals surface area contributed by atoms with E-state index in [0.29, 0.717) is 6.54 Å². The minimum atomic E-state index is -0.0733. The number of aryl methyl sites for hydroxylation is 1. The maximum atomic E-state index is 13.0. The lowest BCUT2D eigenvalue weighted by Crippen LogP contribution is -2.29. The number of para-hydroxylation sites is 2. The average Bonchev–Trinajstić information content (AvgIpc) is 3.36. The van der Waals surface area contributed by atoms with E-state index < -0.39 is 0 Å². The van der Waals surface area contributed by atoms with Gasteiger partial charge in [0.1, 0.15) is 0 Å². The fourth-order valence-electron chi connectivity index (χ4n) is 3.97. The van der Waals surface area contributed by atoms with Gasteiger partial charge in [0.2, 0.25) is 5.91 Å². The van der Waals surface area contributed by atoms with Crippen molar-refractivity contribution in [2.24, 2.45) is 13.0 Å². The number of hydrogen-bond acceptors (Lipinski definition) is 4. The van der Waals surface area contributed by atoms with Crippen molar-refractivity contribution in [1.29, 1.82) is 0 Å². The van der Waals surface area contributed by atoms with Gasteiger partial charge >= 0.3 is 0 Å². The Bertz CT molecular complexity index is 760. The molecule has 0 saturated carbocycles. The van der Waals surface area contributed by atoms with Gasteiger partial charge in [-0.05, 0) is 30.5 Å². The lowest BCUT2D eigenvalue weighted by Gasteiger charge is -2.23. The van der Waals surface area contributed by atoms with Crippen LogP contribution in [0.5, 0.6) is 0 Å². The predicted molar refractivity (Wildman–Crippen MR) is 113 cm³/mol. The van der Waals surface area contributed by atoms with Crippen LogP contribution in [0.2, 0.25) is 0 Å². The molecular formula is C19H27Cl2N5O. The minimum absolute atomic E-state index is 0. The van der Waals surface area contributed by atoms with Crippen molar-refractivity contribution in [3.8, 4) is 0 Å². The van der Waals surface area contributed by atoms with Crippen molar-refractivity contribution >= 4 is 42.1 Å². The van der Waals surface area contributed by atoms with Crippen LogP contribution in [0.15, 0.2) is 36.7 Å². The summed E-state index contributed by atoms with van der Waals surface area (Å²) in [6.45, 7) is 3.65. The summed E-state index contributed by atoms with van der Waals surface area (Å²) in [5.41, 5.74) is 3.18. The number of aromatic nitrogens is 2. The van der Waals surface area contributed by atoms with Gasteiger partial charge in [0.05, 0.1) is 23.5 Å². The number of rotatable bonds is 4. The molecule has 6 nitrogen and oxygen atoms in total. The predicted octanol–water partition coefficient (Wildman–Crippen LogP) is 2.81. The Morgan fingerprint density at radius 2 is 1.93 bits per heavy atom. The summed E-state index contributed by atoms with van der Waals surface area (Å²) in [6.07, 6.45) is 6.32. The second kappa shape index (κ2) is 9.44. The number of nitrogens with one attached hydrogen (secondary N) is 2. The highest BCUT2D eigenvalue weighted by Gasteiger charge is 2.35. The fraction of sp³-hybridized carbons (Fsp3) is 0.474. The van der Waals surface area contributed by atoms with Crippen molar-refractivity contribution in [1.82, 2.24) is 15.1 Å². The SMILES string of the molecule is Cl.Cl.Cn1cc([C@H]2CNC[C@@H]2C(=O)Nc2ccccc2N2CCCC2)cn1. The topological polar surface area (TPSA) is 62.2 Å². The Labute approximate surface area is 172 Å². The largest absolute Gasteiger partial charge is 0.370 e. The number of halogens is 2. The van der Waals surface area contributed by atoms with E-state index in [9.17, 15) is 4.79 Å². The van der Waals surface area contributed by atoms with Gasteiger partial charge in [-0.2, -0.15) is 5.10 Å². The first-order valence-corrected chi connectivity index (χ1v) is 9.06.